The summed E-state index contributed by atoms with van der Waals surface area (Å²) in [6.07, 6.45) is 4.81. The molecule has 0 radical (unpaired) electrons. The second kappa shape index (κ2) is 7.63. The maximum atomic E-state index is 6.15. The van der Waals surface area contributed by atoms with Crippen LogP contribution in [0.2, 0.25) is 0 Å². The Morgan fingerprint density at radius 1 is 1.12 bits per heavy atom. The molecule has 168 valence electrons. The van der Waals surface area contributed by atoms with Gasteiger partial charge in [-0.25, -0.2) is 4.98 Å². The molecule has 2 N–H and O–H groups in total. The second-order valence-electron chi connectivity index (χ2n) is 8.38. The molecule has 0 amide bonds. The number of nitrogens with zero attached hydrogens (tertiary/aromatic N) is 5. The minimum Gasteiger partial charge on any atom is -0.491 e. The standard InChI is InChI=1S/C24H24N6O3/c1-14(13-31-2)30-12-17(11-26-30)16-9-19-22-21(10-16)32-7-3-6-29(22)23(27-19)15-4-5-20-18(8-15)28-24(25)33-20/h4-5,8-12,14H,3,6-7,13H2,1-2H3,(H2,25,28)/t14-/m0/s1. The van der Waals surface area contributed by atoms with Crippen molar-refractivity contribution in [3.05, 3.63) is 42.7 Å². The molecule has 3 aromatic heterocycles. The van der Waals surface area contributed by atoms with Crippen LogP contribution in [0, 0.1) is 0 Å². The number of fused-ring (bicyclic) bond motifs is 1. The zero-order valence-electron chi connectivity index (χ0n) is 18.5. The van der Waals surface area contributed by atoms with Gasteiger partial charge in [0.2, 0.25) is 0 Å². The average molecular weight is 444 g/mol. The van der Waals surface area contributed by atoms with Crippen molar-refractivity contribution in [3.8, 4) is 28.3 Å². The number of benzene rings is 2. The fraction of sp³-hybridized carbons (Fsp3) is 0.292. The number of methoxy groups -OCH3 is 1. The molecule has 0 fully saturated rings. The summed E-state index contributed by atoms with van der Waals surface area (Å²) in [4.78, 5) is 9.29. The summed E-state index contributed by atoms with van der Waals surface area (Å²) in [6, 6.07) is 10.3. The third-order valence-corrected chi connectivity index (χ3v) is 6.05. The molecule has 6 rings (SSSR count). The summed E-state index contributed by atoms with van der Waals surface area (Å²) in [6.45, 7) is 4.16. The molecular weight excluding hydrogens is 420 g/mol. The van der Waals surface area contributed by atoms with E-state index in [-0.39, 0.29) is 12.1 Å². The highest BCUT2D eigenvalue weighted by Crippen LogP contribution is 2.38. The lowest BCUT2D eigenvalue weighted by Gasteiger charge is -2.10. The van der Waals surface area contributed by atoms with Gasteiger partial charge in [0, 0.05) is 31.0 Å². The molecule has 1 aliphatic rings. The highest BCUT2D eigenvalue weighted by molar-refractivity contribution is 5.91. The van der Waals surface area contributed by atoms with Gasteiger partial charge in [0.05, 0.1) is 31.0 Å². The summed E-state index contributed by atoms with van der Waals surface area (Å²) in [5.74, 6) is 1.71. The molecular formula is C24H24N6O3. The highest BCUT2D eigenvalue weighted by Gasteiger charge is 2.21. The summed E-state index contributed by atoms with van der Waals surface area (Å²) in [5.41, 5.74) is 12.0. The van der Waals surface area contributed by atoms with Gasteiger partial charge < -0.3 is 24.2 Å². The van der Waals surface area contributed by atoms with E-state index >= 15 is 0 Å². The first-order chi connectivity index (χ1) is 16.1. The van der Waals surface area contributed by atoms with Gasteiger partial charge in [0.15, 0.2) is 5.58 Å². The van der Waals surface area contributed by atoms with Crippen LogP contribution in [-0.4, -0.2) is 44.6 Å². The maximum absolute atomic E-state index is 6.15. The number of anilines is 1. The molecule has 1 atom stereocenters. The number of oxazole rings is 1. The van der Waals surface area contributed by atoms with Crippen LogP contribution in [-0.2, 0) is 11.3 Å². The van der Waals surface area contributed by atoms with Crippen molar-refractivity contribution in [2.45, 2.75) is 25.9 Å². The van der Waals surface area contributed by atoms with E-state index in [2.05, 4.69) is 33.7 Å². The summed E-state index contributed by atoms with van der Waals surface area (Å²) >= 11 is 0. The van der Waals surface area contributed by atoms with Gasteiger partial charge in [-0.05, 0) is 49.2 Å². The van der Waals surface area contributed by atoms with Gasteiger partial charge in [-0.15, -0.1) is 0 Å². The van der Waals surface area contributed by atoms with E-state index in [0.717, 1.165) is 52.3 Å². The third kappa shape index (κ3) is 3.32. The van der Waals surface area contributed by atoms with Gasteiger partial charge in [-0.1, -0.05) is 0 Å². The van der Waals surface area contributed by atoms with Crippen molar-refractivity contribution in [2.75, 3.05) is 26.1 Å². The lowest BCUT2D eigenvalue weighted by atomic mass is 10.1. The van der Waals surface area contributed by atoms with Gasteiger partial charge >= 0.3 is 0 Å². The van der Waals surface area contributed by atoms with E-state index in [0.29, 0.717) is 24.3 Å². The number of rotatable bonds is 5. The summed E-state index contributed by atoms with van der Waals surface area (Å²) in [5, 5.41) is 4.52. The van der Waals surface area contributed by atoms with Crippen LogP contribution in [0.4, 0.5) is 6.01 Å². The van der Waals surface area contributed by atoms with E-state index in [1.165, 1.54) is 0 Å². The first-order valence-electron chi connectivity index (χ1n) is 11.0. The monoisotopic (exact) mass is 444 g/mol. The SMILES string of the molecule is COC[C@H](C)n1cc(-c2cc3c4c(c2)nc(-c2ccc5oc(N)nc5c2)n4CCCO3)cn1. The van der Waals surface area contributed by atoms with Crippen LogP contribution in [0.25, 0.3) is 44.6 Å². The molecule has 0 unspecified atom stereocenters. The molecule has 0 saturated carbocycles. The molecule has 0 bridgehead atoms. The van der Waals surface area contributed by atoms with Crippen molar-refractivity contribution >= 4 is 28.1 Å². The predicted octanol–water partition coefficient (Wildman–Crippen LogP) is 4.28. The number of aromatic nitrogens is 5. The van der Waals surface area contributed by atoms with Crippen LogP contribution in [0.3, 0.4) is 0 Å². The first-order valence-corrected chi connectivity index (χ1v) is 11.0. The normalized spacial score (nSPS) is 14.5. The molecule has 5 aromatic rings. The number of nitrogens with two attached hydrogens (primary N) is 1. The molecule has 33 heavy (non-hydrogen) atoms. The van der Waals surface area contributed by atoms with Crippen LogP contribution in [0.5, 0.6) is 5.75 Å². The number of nitrogen functional groups attached to an aromatic ring is 1. The van der Waals surface area contributed by atoms with E-state index in [9.17, 15) is 0 Å². The van der Waals surface area contributed by atoms with Gasteiger partial charge in [-0.3, -0.25) is 4.68 Å². The molecule has 9 heteroatoms. The van der Waals surface area contributed by atoms with Crippen molar-refractivity contribution < 1.29 is 13.9 Å². The number of ether oxygens (including phenoxy) is 2. The smallest absolute Gasteiger partial charge is 0.292 e. The average Bonchev–Trinajstić information content (AvgIpc) is 3.48. The minimum absolute atomic E-state index is 0.150. The molecule has 0 saturated heterocycles. The Bertz CT molecular complexity index is 1480. The second-order valence-corrected chi connectivity index (χ2v) is 8.38. The van der Waals surface area contributed by atoms with E-state index in [1.807, 2.05) is 35.3 Å². The molecule has 1 aliphatic heterocycles. The molecule has 0 spiro atoms. The van der Waals surface area contributed by atoms with Crippen LogP contribution in [0.1, 0.15) is 19.4 Å². The van der Waals surface area contributed by atoms with Crippen molar-refractivity contribution in [1.29, 1.82) is 0 Å². The van der Waals surface area contributed by atoms with Crippen LogP contribution >= 0.6 is 0 Å². The Morgan fingerprint density at radius 3 is 2.88 bits per heavy atom. The zero-order chi connectivity index (χ0) is 22.5. The molecule has 4 heterocycles. The Labute approximate surface area is 189 Å². The van der Waals surface area contributed by atoms with E-state index < -0.39 is 0 Å². The fourth-order valence-corrected chi connectivity index (χ4v) is 4.48. The number of aryl methyl sites for hydroxylation is 1. The van der Waals surface area contributed by atoms with Crippen LogP contribution < -0.4 is 10.5 Å². The molecule has 2 aromatic carbocycles. The lowest BCUT2D eigenvalue weighted by molar-refractivity contribution is 0.157. The Hall–Kier alpha value is -3.85. The largest absolute Gasteiger partial charge is 0.491 e. The topological polar surface area (TPSA) is 106 Å². The quantitative estimate of drug-likeness (QED) is 0.431. The Morgan fingerprint density at radius 2 is 2.00 bits per heavy atom. The van der Waals surface area contributed by atoms with Crippen molar-refractivity contribution in [1.82, 2.24) is 24.3 Å². The highest BCUT2D eigenvalue weighted by atomic mass is 16.5. The number of hydrogen-bond acceptors (Lipinski definition) is 7. The van der Waals surface area contributed by atoms with Gasteiger partial charge in [-0.2, -0.15) is 10.1 Å². The lowest BCUT2D eigenvalue weighted by Crippen LogP contribution is -2.11. The number of imidazole rings is 1. The van der Waals surface area contributed by atoms with E-state index in [1.54, 1.807) is 7.11 Å². The third-order valence-electron chi connectivity index (χ3n) is 6.05. The van der Waals surface area contributed by atoms with Crippen molar-refractivity contribution in [2.24, 2.45) is 0 Å². The Balaban J connectivity index is 1.48. The molecule has 9 nitrogen and oxygen atoms in total. The maximum Gasteiger partial charge on any atom is 0.292 e. The van der Waals surface area contributed by atoms with Crippen LogP contribution in [0.15, 0.2) is 47.1 Å². The zero-order valence-corrected chi connectivity index (χ0v) is 18.5. The summed E-state index contributed by atoms with van der Waals surface area (Å²) in [7, 11) is 1.70. The number of hydrogen-bond donors (Lipinski definition) is 1. The predicted molar refractivity (Wildman–Crippen MR) is 125 cm³/mol. The first kappa shape index (κ1) is 19.8. The summed E-state index contributed by atoms with van der Waals surface area (Å²) < 4.78 is 21.0. The minimum atomic E-state index is 0.150. The molecule has 0 aliphatic carbocycles. The van der Waals surface area contributed by atoms with Gasteiger partial charge in [0.1, 0.15) is 22.6 Å². The van der Waals surface area contributed by atoms with Gasteiger partial charge in [0.25, 0.3) is 6.01 Å². The van der Waals surface area contributed by atoms with E-state index in [4.69, 9.17) is 24.6 Å². The Kier molecular flexibility index (Phi) is 4.58. The van der Waals surface area contributed by atoms with Crippen molar-refractivity contribution in [3.63, 3.8) is 0 Å². The fourth-order valence-electron chi connectivity index (χ4n) is 4.48.